The highest BCUT2D eigenvalue weighted by Crippen LogP contribution is 2.30. The molecule has 0 spiro atoms. The molecule has 1 saturated heterocycles. The van der Waals surface area contributed by atoms with Crippen LogP contribution in [-0.2, 0) is 11.2 Å². The number of rotatable bonds is 4. The van der Waals surface area contributed by atoms with Gasteiger partial charge in [0, 0.05) is 0 Å². The zero-order chi connectivity index (χ0) is 17.8. The van der Waals surface area contributed by atoms with Crippen LogP contribution in [0.2, 0.25) is 10.0 Å². The topological polar surface area (TPSA) is 74.0 Å². The number of benzene rings is 2. The Kier molecular flexibility index (Phi) is 5.63. The third-order valence-corrected chi connectivity index (χ3v) is 5.39. The summed E-state index contributed by atoms with van der Waals surface area (Å²) in [5, 5.41) is 20.9. The fourth-order valence-corrected chi connectivity index (χ4v) is 3.55. The number of carbonyl (C=O) groups is 1. The van der Waals surface area contributed by atoms with Gasteiger partial charge in [0.05, 0.1) is 21.5 Å². The molecule has 1 atom stereocenters. The van der Waals surface area contributed by atoms with Crippen molar-refractivity contribution in [2.45, 2.75) is 11.7 Å². The smallest absolute Gasteiger partial charge is 0.239 e. The molecular formula is C17H13Cl2N3O2S. The Balaban J connectivity index is 1.65. The first-order valence-electron chi connectivity index (χ1n) is 7.33. The number of thioether (sulfide) groups is 1. The molecule has 0 unspecified atom stereocenters. The van der Waals surface area contributed by atoms with Gasteiger partial charge in [0.2, 0.25) is 5.91 Å². The number of nitrogens with zero attached hydrogens (tertiary/aromatic N) is 2. The Labute approximate surface area is 158 Å². The molecule has 1 amide bonds. The van der Waals surface area contributed by atoms with Crippen molar-refractivity contribution < 1.29 is 9.90 Å². The lowest BCUT2D eigenvalue weighted by molar-refractivity contribution is -0.118. The lowest BCUT2D eigenvalue weighted by Crippen LogP contribution is -2.26. The van der Waals surface area contributed by atoms with E-state index in [1.54, 1.807) is 42.6 Å². The zero-order valence-electron chi connectivity index (χ0n) is 12.8. The second kappa shape index (κ2) is 7.91. The monoisotopic (exact) mass is 393 g/mol. The van der Waals surface area contributed by atoms with Crippen molar-refractivity contribution in [3.8, 4) is 5.75 Å². The van der Waals surface area contributed by atoms with Crippen LogP contribution in [0, 0.1) is 0 Å². The maximum atomic E-state index is 12.1. The van der Waals surface area contributed by atoms with Crippen LogP contribution >= 0.6 is 35.0 Å². The van der Waals surface area contributed by atoms with Gasteiger partial charge in [-0.05, 0) is 47.9 Å². The number of amides is 1. The summed E-state index contributed by atoms with van der Waals surface area (Å²) in [6, 6.07) is 11.9. The molecule has 3 rings (SSSR count). The van der Waals surface area contributed by atoms with E-state index in [1.807, 2.05) is 6.07 Å². The number of amidine groups is 1. The second-order valence-electron chi connectivity index (χ2n) is 5.25. The minimum absolute atomic E-state index is 0.139. The lowest BCUT2D eigenvalue weighted by Gasteiger charge is -2.08. The van der Waals surface area contributed by atoms with Crippen molar-refractivity contribution in [3.05, 3.63) is 63.6 Å². The number of aromatic hydroxyl groups is 1. The molecule has 0 bridgehead atoms. The molecule has 1 fully saturated rings. The van der Waals surface area contributed by atoms with Gasteiger partial charge in [-0.2, -0.15) is 5.10 Å². The average Bonchev–Trinajstić information content (AvgIpc) is 2.93. The molecule has 8 heteroatoms. The molecule has 2 aromatic rings. The molecule has 5 nitrogen and oxygen atoms in total. The first-order valence-corrected chi connectivity index (χ1v) is 8.97. The normalized spacial score (nSPS) is 18.9. The van der Waals surface area contributed by atoms with E-state index in [9.17, 15) is 9.90 Å². The maximum absolute atomic E-state index is 12.1. The summed E-state index contributed by atoms with van der Waals surface area (Å²) in [6.45, 7) is 0. The van der Waals surface area contributed by atoms with E-state index in [1.165, 1.54) is 11.8 Å². The summed E-state index contributed by atoms with van der Waals surface area (Å²) in [7, 11) is 0. The van der Waals surface area contributed by atoms with Crippen LogP contribution in [0.25, 0.3) is 0 Å². The van der Waals surface area contributed by atoms with Gasteiger partial charge in [-0.25, -0.2) is 0 Å². The molecule has 128 valence electrons. The summed E-state index contributed by atoms with van der Waals surface area (Å²) < 4.78 is 0. The van der Waals surface area contributed by atoms with Gasteiger partial charge >= 0.3 is 0 Å². The molecule has 1 heterocycles. The van der Waals surface area contributed by atoms with E-state index in [2.05, 4.69) is 15.5 Å². The number of phenolic OH excluding ortho intramolecular Hbond substituents is 1. The number of carbonyl (C=O) groups excluding carboxylic acids is 1. The van der Waals surface area contributed by atoms with E-state index in [4.69, 9.17) is 23.2 Å². The van der Waals surface area contributed by atoms with E-state index >= 15 is 0 Å². The second-order valence-corrected chi connectivity index (χ2v) is 7.23. The maximum Gasteiger partial charge on any atom is 0.239 e. The molecule has 0 saturated carbocycles. The SMILES string of the molecule is O=C1N/C(=N/N=C\c2ccc(O)cc2)S[C@H]1Cc1cccc(Cl)c1Cl. The Morgan fingerprint density at radius 1 is 1.20 bits per heavy atom. The third kappa shape index (κ3) is 4.54. The molecule has 1 aliphatic rings. The van der Waals surface area contributed by atoms with Crippen LogP contribution < -0.4 is 5.32 Å². The van der Waals surface area contributed by atoms with Crippen LogP contribution in [0.5, 0.6) is 5.75 Å². The molecular weight excluding hydrogens is 381 g/mol. The fraction of sp³-hybridized carbons (Fsp3) is 0.118. The predicted octanol–water partition coefficient (Wildman–Crippen LogP) is 3.86. The summed E-state index contributed by atoms with van der Waals surface area (Å²) in [6.07, 6.45) is 2.00. The Bertz CT molecular complexity index is 853. The Morgan fingerprint density at radius 3 is 2.72 bits per heavy atom. The Hall–Kier alpha value is -2.02. The van der Waals surface area contributed by atoms with Gasteiger partial charge in [0.15, 0.2) is 5.17 Å². The standard InChI is InChI=1S/C17H13Cl2N3O2S/c18-13-3-1-2-11(15(13)19)8-14-16(24)21-17(25-14)22-20-9-10-4-6-12(23)7-5-10/h1-7,9,14,23H,8H2,(H,21,22,24)/b20-9-/t14-/m0/s1. The van der Waals surface area contributed by atoms with E-state index in [0.717, 1.165) is 11.1 Å². The highest BCUT2D eigenvalue weighted by atomic mass is 35.5. The average molecular weight is 394 g/mol. The van der Waals surface area contributed by atoms with Crippen molar-refractivity contribution in [2.75, 3.05) is 0 Å². The molecule has 25 heavy (non-hydrogen) atoms. The van der Waals surface area contributed by atoms with Crippen molar-refractivity contribution >= 4 is 52.3 Å². The summed E-state index contributed by atoms with van der Waals surface area (Å²) in [4.78, 5) is 12.1. The number of halogens is 2. The largest absolute Gasteiger partial charge is 0.508 e. The third-order valence-electron chi connectivity index (χ3n) is 3.46. The van der Waals surface area contributed by atoms with Crippen molar-refractivity contribution in [3.63, 3.8) is 0 Å². The van der Waals surface area contributed by atoms with Crippen molar-refractivity contribution in [1.82, 2.24) is 5.32 Å². The highest BCUT2D eigenvalue weighted by molar-refractivity contribution is 8.15. The van der Waals surface area contributed by atoms with Crippen LogP contribution in [0.1, 0.15) is 11.1 Å². The molecule has 0 radical (unpaired) electrons. The van der Waals surface area contributed by atoms with Crippen LogP contribution in [-0.4, -0.2) is 27.6 Å². The molecule has 2 aromatic carbocycles. The van der Waals surface area contributed by atoms with Gasteiger partial charge in [-0.1, -0.05) is 47.1 Å². The molecule has 0 aromatic heterocycles. The van der Waals surface area contributed by atoms with Crippen molar-refractivity contribution in [1.29, 1.82) is 0 Å². The summed E-state index contributed by atoms with van der Waals surface area (Å²) >= 11 is 13.5. The molecule has 2 N–H and O–H groups in total. The van der Waals surface area contributed by atoms with Gasteiger partial charge in [0.25, 0.3) is 0 Å². The molecule has 1 aliphatic heterocycles. The zero-order valence-corrected chi connectivity index (χ0v) is 15.1. The van der Waals surface area contributed by atoms with E-state index in [0.29, 0.717) is 21.6 Å². The van der Waals surface area contributed by atoms with Gasteiger partial charge < -0.3 is 10.4 Å². The quantitative estimate of drug-likeness (QED) is 0.611. The summed E-state index contributed by atoms with van der Waals surface area (Å²) in [5.74, 6) is 0.0456. The molecule has 0 aliphatic carbocycles. The van der Waals surface area contributed by atoms with Crippen LogP contribution in [0.4, 0.5) is 0 Å². The number of hydrogen-bond donors (Lipinski definition) is 2. The number of nitrogens with one attached hydrogen (secondary N) is 1. The van der Waals surface area contributed by atoms with Crippen LogP contribution in [0.15, 0.2) is 52.7 Å². The van der Waals surface area contributed by atoms with E-state index in [-0.39, 0.29) is 16.9 Å². The number of hydrogen-bond acceptors (Lipinski definition) is 5. The summed E-state index contributed by atoms with van der Waals surface area (Å²) in [5.41, 5.74) is 1.61. The first-order chi connectivity index (χ1) is 12.0. The predicted molar refractivity (Wildman–Crippen MR) is 103 cm³/mol. The van der Waals surface area contributed by atoms with Crippen LogP contribution in [0.3, 0.4) is 0 Å². The minimum atomic E-state index is -0.335. The van der Waals surface area contributed by atoms with Gasteiger partial charge in [0.1, 0.15) is 5.75 Å². The highest BCUT2D eigenvalue weighted by Gasteiger charge is 2.31. The minimum Gasteiger partial charge on any atom is -0.508 e. The van der Waals surface area contributed by atoms with Gasteiger partial charge in [-0.3, -0.25) is 4.79 Å². The van der Waals surface area contributed by atoms with Gasteiger partial charge in [-0.15, -0.1) is 5.10 Å². The first kappa shape index (κ1) is 17.8. The van der Waals surface area contributed by atoms with Crippen molar-refractivity contribution in [2.24, 2.45) is 10.2 Å². The number of phenols is 1. The fourth-order valence-electron chi connectivity index (χ4n) is 2.20. The lowest BCUT2D eigenvalue weighted by atomic mass is 10.1. The Morgan fingerprint density at radius 2 is 1.96 bits per heavy atom. The van der Waals surface area contributed by atoms with E-state index < -0.39 is 0 Å².